The molecule has 0 atom stereocenters. The normalized spacial score (nSPS) is 16.9. The lowest BCUT2D eigenvalue weighted by Gasteiger charge is -2.37. The molecular weight excluding hydrogens is 246 g/mol. The lowest BCUT2D eigenvalue weighted by molar-refractivity contribution is 0.231. The molecule has 1 aromatic carbocycles. The zero-order chi connectivity index (χ0) is 14.5. The summed E-state index contributed by atoms with van der Waals surface area (Å²) in [6.07, 6.45) is 0.975. The highest BCUT2D eigenvalue weighted by atomic mass is 15.3. The second-order valence-corrected chi connectivity index (χ2v) is 6.35. The fourth-order valence-electron chi connectivity index (χ4n) is 3.07. The maximum absolute atomic E-state index is 5.76. The van der Waals surface area contributed by atoms with E-state index in [-0.39, 0.29) is 0 Å². The minimum absolute atomic E-state index is 0.726. The molecule has 1 aromatic rings. The number of piperazine rings is 1. The van der Waals surface area contributed by atoms with Crippen LogP contribution >= 0.6 is 0 Å². The molecule has 0 unspecified atom stereocenters. The van der Waals surface area contributed by atoms with E-state index < -0.39 is 0 Å². The lowest BCUT2D eigenvalue weighted by atomic mass is 10.0. The van der Waals surface area contributed by atoms with E-state index in [1.54, 1.807) is 0 Å². The number of nitrogens with two attached hydrogens (primary N) is 1. The molecule has 0 amide bonds. The molecule has 1 aliphatic rings. The Morgan fingerprint density at radius 3 is 2.45 bits per heavy atom. The number of rotatable bonds is 5. The first-order valence-corrected chi connectivity index (χ1v) is 7.87. The first-order valence-electron chi connectivity index (χ1n) is 7.87. The van der Waals surface area contributed by atoms with Gasteiger partial charge in [0.15, 0.2) is 0 Å². The smallest absolute Gasteiger partial charge is 0.0400 e. The lowest BCUT2D eigenvalue weighted by Crippen LogP contribution is -2.47. The van der Waals surface area contributed by atoms with Crippen LogP contribution in [0.15, 0.2) is 18.2 Å². The van der Waals surface area contributed by atoms with Gasteiger partial charge in [-0.3, -0.25) is 4.90 Å². The first kappa shape index (κ1) is 15.3. The Labute approximate surface area is 123 Å². The summed E-state index contributed by atoms with van der Waals surface area (Å²) in [7, 11) is 0. The van der Waals surface area contributed by atoms with E-state index in [1.165, 1.54) is 36.4 Å². The Morgan fingerprint density at radius 1 is 1.15 bits per heavy atom. The zero-order valence-electron chi connectivity index (χ0n) is 13.2. The molecule has 20 heavy (non-hydrogen) atoms. The quantitative estimate of drug-likeness (QED) is 0.895. The van der Waals surface area contributed by atoms with Crippen LogP contribution in [0.1, 0.15) is 25.0 Å². The fourth-order valence-corrected chi connectivity index (χ4v) is 3.07. The van der Waals surface area contributed by atoms with Crippen molar-refractivity contribution in [3.63, 3.8) is 0 Å². The van der Waals surface area contributed by atoms with Gasteiger partial charge in [0, 0.05) is 38.4 Å². The molecule has 3 nitrogen and oxygen atoms in total. The van der Waals surface area contributed by atoms with Gasteiger partial charge in [-0.25, -0.2) is 0 Å². The van der Waals surface area contributed by atoms with Crippen molar-refractivity contribution in [3.8, 4) is 0 Å². The SMILES string of the molecule is Cc1ccc(N2CCN(CC(C)C)CC2)c(CCN)c1. The summed E-state index contributed by atoms with van der Waals surface area (Å²) < 4.78 is 0. The summed E-state index contributed by atoms with van der Waals surface area (Å²) in [5, 5.41) is 0. The van der Waals surface area contributed by atoms with Crippen molar-refractivity contribution in [1.82, 2.24) is 4.90 Å². The van der Waals surface area contributed by atoms with Crippen LogP contribution in [0, 0.1) is 12.8 Å². The Bertz CT molecular complexity index is 420. The molecule has 112 valence electrons. The van der Waals surface area contributed by atoms with Crippen LogP contribution in [0.3, 0.4) is 0 Å². The number of aryl methyl sites for hydroxylation is 1. The average molecular weight is 275 g/mol. The van der Waals surface area contributed by atoms with E-state index >= 15 is 0 Å². The van der Waals surface area contributed by atoms with Crippen molar-refractivity contribution in [2.24, 2.45) is 11.7 Å². The van der Waals surface area contributed by atoms with E-state index in [9.17, 15) is 0 Å². The molecule has 0 radical (unpaired) electrons. The highest BCUT2D eigenvalue weighted by Gasteiger charge is 2.19. The molecule has 3 heteroatoms. The van der Waals surface area contributed by atoms with Crippen LogP contribution in [0.5, 0.6) is 0 Å². The monoisotopic (exact) mass is 275 g/mol. The Hall–Kier alpha value is -1.06. The number of hydrogen-bond donors (Lipinski definition) is 1. The van der Waals surface area contributed by atoms with Crippen molar-refractivity contribution in [3.05, 3.63) is 29.3 Å². The van der Waals surface area contributed by atoms with Gasteiger partial charge in [0.05, 0.1) is 0 Å². The van der Waals surface area contributed by atoms with Gasteiger partial charge in [-0.2, -0.15) is 0 Å². The van der Waals surface area contributed by atoms with Gasteiger partial charge in [-0.15, -0.1) is 0 Å². The summed E-state index contributed by atoms with van der Waals surface area (Å²) in [6, 6.07) is 6.79. The third kappa shape index (κ3) is 3.97. The van der Waals surface area contributed by atoms with Crippen LogP contribution in [0.25, 0.3) is 0 Å². The molecule has 2 rings (SSSR count). The second-order valence-electron chi connectivity index (χ2n) is 6.35. The first-order chi connectivity index (χ1) is 9.60. The molecule has 0 aliphatic carbocycles. The molecule has 1 fully saturated rings. The van der Waals surface area contributed by atoms with Gasteiger partial charge in [-0.05, 0) is 37.4 Å². The molecule has 0 spiro atoms. The van der Waals surface area contributed by atoms with Crippen LogP contribution in [0.4, 0.5) is 5.69 Å². The largest absolute Gasteiger partial charge is 0.369 e. The summed E-state index contributed by atoms with van der Waals surface area (Å²) in [4.78, 5) is 5.11. The van der Waals surface area contributed by atoms with Crippen molar-refractivity contribution in [2.45, 2.75) is 27.2 Å². The van der Waals surface area contributed by atoms with E-state index in [2.05, 4.69) is 48.8 Å². The minimum Gasteiger partial charge on any atom is -0.369 e. The van der Waals surface area contributed by atoms with E-state index in [0.717, 1.165) is 32.0 Å². The van der Waals surface area contributed by atoms with Crippen LogP contribution in [-0.4, -0.2) is 44.2 Å². The predicted molar refractivity (Wildman–Crippen MR) is 87.4 cm³/mol. The second kappa shape index (κ2) is 7.09. The summed E-state index contributed by atoms with van der Waals surface area (Å²) in [5.41, 5.74) is 9.89. The molecule has 1 saturated heterocycles. The van der Waals surface area contributed by atoms with E-state index in [0.29, 0.717) is 0 Å². The third-order valence-corrected chi connectivity index (χ3v) is 3.98. The van der Waals surface area contributed by atoms with E-state index in [1.807, 2.05) is 0 Å². The Morgan fingerprint density at radius 2 is 1.85 bits per heavy atom. The highest BCUT2D eigenvalue weighted by Crippen LogP contribution is 2.24. The third-order valence-electron chi connectivity index (χ3n) is 3.98. The van der Waals surface area contributed by atoms with Gasteiger partial charge in [0.1, 0.15) is 0 Å². The molecule has 1 heterocycles. The predicted octanol–water partition coefficient (Wildman–Crippen LogP) is 2.27. The van der Waals surface area contributed by atoms with Gasteiger partial charge >= 0.3 is 0 Å². The number of nitrogens with zero attached hydrogens (tertiary/aromatic N) is 2. The van der Waals surface area contributed by atoms with E-state index in [4.69, 9.17) is 5.73 Å². The van der Waals surface area contributed by atoms with Gasteiger partial charge in [0.2, 0.25) is 0 Å². The number of hydrogen-bond acceptors (Lipinski definition) is 3. The van der Waals surface area contributed by atoms with Crippen LogP contribution < -0.4 is 10.6 Å². The molecular formula is C17H29N3. The molecule has 1 aliphatic heterocycles. The Balaban J connectivity index is 2.03. The molecule has 0 bridgehead atoms. The van der Waals surface area contributed by atoms with Crippen molar-refractivity contribution >= 4 is 5.69 Å². The summed E-state index contributed by atoms with van der Waals surface area (Å²) in [5.74, 6) is 0.758. The van der Waals surface area contributed by atoms with Crippen LogP contribution in [0.2, 0.25) is 0 Å². The summed E-state index contributed by atoms with van der Waals surface area (Å²) >= 11 is 0. The standard InChI is InChI=1S/C17H29N3/c1-14(2)13-19-8-10-20(11-9-19)17-5-4-15(3)12-16(17)6-7-18/h4-5,12,14H,6-11,13,18H2,1-3H3. The van der Waals surface area contributed by atoms with Gasteiger partial charge in [-0.1, -0.05) is 31.5 Å². The highest BCUT2D eigenvalue weighted by molar-refractivity contribution is 5.55. The molecule has 0 aromatic heterocycles. The van der Waals surface area contributed by atoms with Crippen molar-refractivity contribution < 1.29 is 0 Å². The fraction of sp³-hybridized carbons (Fsp3) is 0.647. The maximum Gasteiger partial charge on any atom is 0.0400 e. The topological polar surface area (TPSA) is 32.5 Å². The maximum atomic E-state index is 5.76. The summed E-state index contributed by atoms with van der Waals surface area (Å²) in [6.45, 7) is 13.3. The van der Waals surface area contributed by atoms with Crippen LogP contribution in [-0.2, 0) is 6.42 Å². The molecule has 2 N–H and O–H groups in total. The number of anilines is 1. The zero-order valence-corrected chi connectivity index (χ0v) is 13.2. The Kier molecular flexibility index (Phi) is 5.44. The van der Waals surface area contributed by atoms with Crippen molar-refractivity contribution in [2.75, 3.05) is 44.2 Å². The van der Waals surface area contributed by atoms with Gasteiger partial charge < -0.3 is 10.6 Å². The minimum atomic E-state index is 0.726. The molecule has 0 saturated carbocycles. The van der Waals surface area contributed by atoms with Crippen molar-refractivity contribution in [1.29, 1.82) is 0 Å². The van der Waals surface area contributed by atoms with Gasteiger partial charge in [0.25, 0.3) is 0 Å². The number of benzene rings is 1. The average Bonchev–Trinajstić information content (AvgIpc) is 2.40.